The Bertz CT molecular complexity index is 294. The van der Waals surface area contributed by atoms with Gasteiger partial charge in [-0.15, -0.1) is 0 Å². The van der Waals surface area contributed by atoms with E-state index in [4.69, 9.17) is 5.73 Å². The molecule has 106 valence electrons. The van der Waals surface area contributed by atoms with Crippen LogP contribution in [0.2, 0.25) is 0 Å². The van der Waals surface area contributed by atoms with Crippen molar-refractivity contribution in [1.82, 2.24) is 4.90 Å². The van der Waals surface area contributed by atoms with Crippen LogP contribution in [0.15, 0.2) is 0 Å². The number of nitrogens with two attached hydrogens (primary N) is 1. The van der Waals surface area contributed by atoms with Crippen LogP contribution in [0.5, 0.6) is 0 Å². The number of nitrogens with zero attached hydrogens (tertiary/aromatic N) is 1. The molecule has 0 atom stereocenters. The molecule has 1 saturated heterocycles. The molecule has 1 heterocycles. The van der Waals surface area contributed by atoms with Crippen LogP contribution >= 0.6 is 0 Å². The van der Waals surface area contributed by atoms with Crippen LogP contribution in [-0.2, 0) is 4.79 Å². The number of β-amino-alcohol motifs (C(OH)–C–C–N with tert-alkyl or cyclic N) is 1. The Hall–Kier alpha value is -0.610. The van der Waals surface area contributed by atoms with Gasteiger partial charge in [0.1, 0.15) is 5.60 Å². The van der Waals surface area contributed by atoms with Crippen molar-refractivity contribution in [3.63, 3.8) is 0 Å². The van der Waals surface area contributed by atoms with E-state index in [1.54, 1.807) is 4.90 Å². The SMILES string of the molecule is CC(C)C1(O)CN(C(=O)CCC(C)(C)CCN)C1. The van der Waals surface area contributed by atoms with Crippen LogP contribution in [0.3, 0.4) is 0 Å². The quantitative estimate of drug-likeness (QED) is 0.754. The van der Waals surface area contributed by atoms with E-state index in [0.717, 1.165) is 12.8 Å². The third kappa shape index (κ3) is 3.69. The predicted molar refractivity (Wildman–Crippen MR) is 73.1 cm³/mol. The molecule has 0 spiro atoms. The lowest BCUT2D eigenvalue weighted by atomic mass is 9.81. The van der Waals surface area contributed by atoms with E-state index in [9.17, 15) is 9.90 Å². The first-order valence-corrected chi connectivity index (χ1v) is 6.90. The van der Waals surface area contributed by atoms with E-state index >= 15 is 0 Å². The molecule has 0 aromatic heterocycles. The van der Waals surface area contributed by atoms with Gasteiger partial charge in [-0.1, -0.05) is 27.7 Å². The van der Waals surface area contributed by atoms with Gasteiger partial charge in [0, 0.05) is 6.42 Å². The molecule has 0 radical (unpaired) electrons. The molecule has 1 rings (SSSR count). The topological polar surface area (TPSA) is 66.6 Å². The molecule has 0 unspecified atom stereocenters. The Balaban J connectivity index is 2.32. The summed E-state index contributed by atoms with van der Waals surface area (Å²) < 4.78 is 0. The van der Waals surface area contributed by atoms with E-state index in [1.165, 1.54) is 0 Å². The lowest BCUT2D eigenvalue weighted by Gasteiger charge is -2.49. The summed E-state index contributed by atoms with van der Waals surface area (Å²) in [6.45, 7) is 9.92. The summed E-state index contributed by atoms with van der Waals surface area (Å²) in [5, 5.41) is 10.1. The van der Waals surface area contributed by atoms with Crippen molar-refractivity contribution in [3.05, 3.63) is 0 Å². The maximum atomic E-state index is 12.0. The van der Waals surface area contributed by atoms with Crippen LogP contribution in [0.1, 0.15) is 47.0 Å². The second-order valence-corrected chi connectivity index (χ2v) is 6.71. The molecule has 18 heavy (non-hydrogen) atoms. The molecule has 1 fully saturated rings. The Labute approximate surface area is 111 Å². The van der Waals surface area contributed by atoms with Crippen molar-refractivity contribution in [3.8, 4) is 0 Å². The first kappa shape index (κ1) is 15.4. The van der Waals surface area contributed by atoms with Gasteiger partial charge in [-0.25, -0.2) is 0 Å². The monoisotopic (exact) mass is 256 g/mol. The lowest BCUT2D eigenvalue weighted by Crippen LogP contribution is -2.66. The molecule has 0 aliphatic carbocycles. The number of rotatable bonds is 6. The third-order valence-corrected chi connectivity index (χ3v) is 4.19. The van der Waals surface area contributed by atoms with Crippen molar-refractivity contribution in [2.45, 2.75) is 52.6 Å². The standard InChI is InChI=1S/C14H28N2O2/c1-11(2)14(18)9-16(10-14)12(17)5-6-13(3,4)7-8-15/h11,18H,5-10,15H2,1-4H3. The van der Waals surface area contributed by atoms with Gasteiger partial charge >= 0.3 is 0 Å². The van der Waals surface area contributed by atoms with E-state index < -0.39 is 5.60 Å². The zero-order valence-corrected chi connectivity index (χ0v) is 12.2. The molecule has 4 nitrogen and oxygen atoms in total. The van der Waals surface area contributed by atoms with Gasteiger partial charge in [0.2, 0.25) is 5.91 Å². The third-order valence-electron chi connectivity index (χ3n) is 4.19. The number of aliphatic hydroxyl groups is 1. The largest absolute Gasteiger partial charge is 0.386 e. The van der Waals surface area contributed by atoms with Crippen molar-refractivity contribution in [2.24, 2.45) is 17.1 Å². The van der Waals surface area contributed by atoms with Crippen molar-refractivity contribution >= 4 is 5.91 Å². The molecule has 0 aromatic carbocycles. The molecule has 0 saturated carbocycles. The van der Waals surface area contributed by atoms with E-state index in [0.29, 0.717) is 26.1 Å². The van der Waals surface area contributed by atoms with Gasteiger partial charge in [0.05, 0.1) is 13.1 Å². The lowest BCUT2D eigenvalue weighted by molar-refractivity contribution is -0.164. The molecular weight excluding hydrogens is 228 g/mol. The van der Waals surface area contributed by atoms with Crippen molar-refractivity contribution in [1.29, 1.82) is 0 Å². The van der Waals surface area contributed by atoms with Gasteiger partial charge in [0.15, 0.2) is 0 Å². The molecule has 4 heteroatoms. The minimum atomic E-state index is -0.664. The number of likely N-dealkylation sites (tertiary alicyclic amines) is 1. The highest BCUT2D eigenvalue weighted by Crippen LogP contribution is 2.31. The number of carbonyl (C=O) groups is 1. The smallest absolute Gasteiger partial charge is 0.222 e. The Morgan fingerprint density at radius 2 is 1.94 bits per heavy atom. The fourth-order valence-electron chi connectivity index (χ4n) is 2.28. The summed E-state index contributed by atoms with van der Waals surface area (Å²) in [7, 11) is 0. The average Bonchev–Trinajstić information content (AvgIpc) is 2.21. The zero-order valence-electron chi connectivity index (χ0n) is 12.2. The first-order valence-electron chi connectivity index (χ1n) is 6.90. The molecule has 1 aliphatic heterocycles. The summed E-state index contributed by atoms with van der Waals surface area (Å²) in [5.41, 5.74) is 5.02. The van der Waals surface area contributed by atoms with Crippen LogP contribution in [0.4, 0.5) is 0 Å². The number of carbonyl (C=O) groups excluding carboxylic acids is 1. The normalized spacial score (nSPS) is 18.9. The summed E-state index contributed by atoms with van der Waals surface area (Å²) in [4.78, 5) is 13.7. The molecule has 0 aromatic rings. The maximum Gasteiger partial charge on any atom is 0.222 e. The van der Waals surface area contributed by atoms with Gasteiger partial charge < -0.3 is 15.7 Å². The van der Waals surface area contributed by atoms with E-state index in [2.05, 4.69) is 13.8 Å². The van der Waals surface area contributed by atoms with Gasteiger partial charge in [0.25, 0.3) is 0 Å². The van der Waals surface area contributed by atoms with Gasteiger partial charge in [-0.05, 0) is 30.7 Å². The Morgan fingerprint density at radius 3 is 2.39 bits per heavy atom. The van der Waals surface area contributed by atoms with Gasteiger partial charge in [-0.3, -0.25) is 4.79 Å². The highest BCUT2D eigenvalue weighted by Gasteiger charge is 2.45. The maximum absolute atomic E-state index is 12.0. The fraction of sp³-hybridized carbons (Fsp3) is 0.929. The summed E-state index contributed by atoms with van der Waals surface area (Å²) in [6, 6.07) is 0. The number of amides is 1. The summed E-state index contributed by atoms with van der Waals surface area (Å²) in [6.07, 6.45) is 2.36. The highest BCUT2D eigenvalue weighted by molar-refractivity contribution is 5.77. The fourth-order valence-corrected chi connectivity index (χ4v) is 2.28. The zero-order chi connectivity index (χ0) is 14.0. The van der Waals surface area contributed by atoms with Crippen LogP contribution in [0, 0.1) is 11.3 Å². The van der Waals surface area contributed by atoms with Gasteiger partial charge in [-0.2, -0.15) is 0 Å². The number of hydrogen-bond acceptors (Lipinski definition) is 3. The van der Waals surface area contributed by atoms with Crippen LogP contribution in [-0.4, -0.2) is 41.1 Å². The molecule has 1 amide bonds. The van der Waals surface area contributed by atoms with E-state index in [1.807, 2.05) is 13.8 Å². The minimum Gasteiger partial charge on any atom is -0.386 e. The van der Waals surface area contributed by atoms with Crippen LogP contribution < -0.4 is 5.73 Å². The molecule has 0 bridgehead atoms. The molecule has 1 aliphatic rings. The predicted octanol–water partition coefficient (Wildman–Crippen LogP) is 1.37. The van der Waals surface area contributed by atoms with Crippen molar-refractivity contribution < 1.29 is 9.90 Å². The second kappa shape index (κ2) is 5.57. The van der Waals surface area contributed by atoms with Crippen LogP contribution in [0.25, 0.3) is 0 Å². The van der Waals surface area contributed by atoms with E-state index in [-0.39, 0.29) is 17.2 Å². The summed E-state index contributed by atoms with van der Waals surface area (Å²) >= 11 is 0. The average molecular weight is 256 g/mol. The van der Waals surface area contributed by atoms with Crippen molar-refractivity contribution in [2.75, 3.05) is 19.6 Å². The minimum absolute atomic E-state index is 0.129. The summed E-state index contributed by atoms with van der Waals surface area (Å²) in [5.74, 6) is 0.362. The second-order valence-electron chi connectivity index (χ2n) is 6.71. The Kier molecular flexibility index (Phi) is 4.78. The first-order chi connectivity index (χ1) is 8.20. The highest BCUT2D eigenvalue weighted by atomic mass is 16.3. The Morgan fingerprint density at radius 1 is 1.39 bits per heavy atom. The molecule has 3 N–H and O–H groups in total. The molecular formula is C14H28N2O2. The number of hydrogen-bond donors (Lipinski definition) is 2.